The van der Waals surface area contributed by atoms with Crippen LogP contribution in [0.25, 0.3) is 0 Å². The number of hydrogen-bond donors (Lipinski definition) is 0. The van der Waals surface area contributed by atoms with Crippen molar-refractivity contribution in [1.82, 2.24) is 0 Å². The summed E-state index contributed by atoms with van der Waals surface area (Å²) in [5.74, 6) is 1.21. The molecule has 128 valence electrons. The van der Waals surface area contributed by atoms with Crippen molar-refractivity contribution in [2.45, 2.75) is 46.5 Å². The predicted molar refractivity (Wildman–Crippen MR) is 84.9 cm³/mol. The summed E-state index contributed by atoms with van der Waals surface area (Å²) in [7, 11) is 1.82. The van der Waals surface area contributed by atoms with Crippen LogP contribution in [0, 0.1) is 11.8 Å². The van der Waals surface area contributed by atoms with Gasteiger partial charge in [0.1, 0.15) is 13.2 Å². The van der Waals surface area contributed by atoms with Gasteiger partial charge < -0.3 is 18.4 Å². The van der Waals surface area contributed by atoms with Gasteiger partial charge in [0.2, 0.25) is 0 Å². The average Bonchev–Trinajstić information content (AvgIpc) is 2.25. The van der Waals surface area contributed by atoms with E-state index in [0.717, 1.165) is 18.8 Å². The van der Waals surface area contributed by atoms with Crippen LogP contribution in [0.5, 0.6) is 0 Å². The Bertz CT molecular complexity index is 315. The van der Waals surface area contributed by atoms with Crippen LogP contribution in [0.2, 0.25) is 0 Å². The number of nitrogens with zero attached hydrogens (tertiary/aromatic N) is 1. The molecular weight excluding hydrogens is 289 g/mol. The van der Waals surface area contributed by atoms with E-state index in [1.54, 1.807) is 0 Å². The number of rotatable bonds is 12. The Kier molecular flexibility index (Phi) is 9.99. The Labute approximate surface area is 130 Å². The summed E-state index contributed by atoms with van der Waals surface area (Å²) in [6, 6.07) is 0. The zero-order valence-electron chi connectivity index (χ0n) is 14.6. The zero-order chi connectivity index (χ0) is 16.5. The fourth-order valence-electron chi connectivity index (χ4n) is 1.85. The molecule has 5 nitrogen and oxygen atoms in total. The molecule has 0 saturated heterocycles. The highest BCUT2D eigenvalue weighted by atomic mass is 31.2. The van der Waals surface area contributed by atoms with Gasteiger partial charge in [-0.25, -0.2) is 0 Å². The van der Waals surface area contributed by atoms with Crippen LogP contribution in [-0.4, -0.2) is 45.4 Å². The molecule has 0 rings (SSSR count). The number of phosphoric ester groups is 1. The van der Waals surface area contributed by atoms with Crippen LogP contribution >= 0.6 is 7.82 Å². The van der Waals surface area contributed by atoms with Gasteiger partial charge in [0.25, 0.3) is 7.82 Å². The molecule has 0 saturated carbocycles. The second kappa shape index (κ2) is 9.96. The van der Waals surface area contributed by atoms with Gasteiger partial charge in [-0.1, -0.05) is 40.0 Å². The van der Waals surface area contributed by atoms with E-state index in [2.05, 4.69) is 20.8 Å². The molecule has 0 aliphatic carbocycles. The van der Waals surface area contributed by atoms with Gasteiger partial charge in [0, 0.05) is 0 Å². The van der Waals surface area contributed by atoms with Gasteiger partial charge >= 0.3 is 0 Å². The first kappa shape index (κ1) is 21.1. The van der Waals surface area contributed by atoms with Crippen LogP contribution < -0.4 is 4.89 Å². The molecule has 0 heterocycles. The summed E-state index contributed by atoms with van der Waals surface area (Å²) < 4.78 is 22.0. The molecule has 0 aliphatic rings. The molecule has 2 unspecified atom stereocenters. The zero-order valence-corrected chi connectivity index (χ0v) is 15.5. The van der Waals surface area contributed by atoms with E-state index in [1.165, 1.54) is 12.8 Å². The lowest BCUT2D eigenvalue weighted by Gasteiger charge is -2.27. The van der Waals surface area contributed by atoms with E-state index in [9.17, 15) is 9.46 Å². The van der Waals surface area contributed by atoms with Gasteiger partial charge in [-0.05, 0) is 18.3 Å². The van der Waals surface area contributed by atoms with E-state index in [4.69, 9.17) is 9.05 Å². The maximum Gasteiger partial charge on any atom is 0.268 e. The van der Waals surface area contributed by atoms with Crippen molar-refractivity contribution >= 4 is 7.82 Å². The van der Waals surface area contributed by atoms with Crippen molar-refractivity contribution in [1.29, 1.82) is 0 Å². The van der Waals surface area contributed by atoms with Crippen molar-refractivity contribution in [3.8, 4) is 0 Å². The van der Waals surface area contributed by atoms with Crippen LogP contribution in [0.3, 0.4) is 0 Å². The molecule has 0 spiro atoms. The molecular formula is C15H34NO4P. The summed E-state index contributed by atoms with van der Waals surface area (Å²) in [6.07, 6.45) is 4.28. The third-order valence-electron chi connectivity index (χ3n) is 3.35. The van der Waals surface area contributed by atoms with E-state index >= 15 is 0 Å². The predicted octanol–water partition coefficient (Wildman–Crippen LogP) is 3.05. The third-order valence-corrected chi connectivity index (χ3v) is 4.35. The van der Waals surface area contributed by atoms with Crippen LogP contribution in [0.4, 0.5) is 0 Å². The number of phosphoric acid groups is 1. The highest BCUT2D eigenvalue weighted by Gasteiger charge is 2.14. The highest BCUT2D eigenvalue weighted by Crippen LogP contribution is 2.38. The lowest BCUT2D eigenvalue weighted by atomic mass is 9.98. The Morgan fingerprint density at radius 3 is 2.10 bits per heavy atom. The van der Waals surface area contributed by atoms with Crippen molar-refractivity contribution < 1.29 is 23.0 Å². The highest BCUT2D eigenvalue weighted by molar-refractivity contribution is 7.45. The normalized spacial score (nSPS) is 17.0. The Hall–Kier alpha value is 0.0700. The minimum Gasteiger partial charge on any atom is -0.756 e. The molecule has 0 aliphatic heterocycles. The lowest BCUT2D eigenvalue weighted by Crippen LogP contribution is -2.37. The molecule has 0 bridgehead atoms. The number of quaternary nitrogens is 1. The van der Waals surface area contributed by atoms with E-state index < -0.39 is 7.82 Å². The van der Waals surface area contributed by atoms with Gasteiger partial charge in [0.05, 0.1) is 27.7 Å². The van der Waals surface area contributed by atoms with Crippen molar-refractivity contribution in [2.24, 2.45) is 11.8 Å². The summed E-state index contributed by atoms with van der Waals surface area (Å²) in [4.78, 5) is 11.6. The molecule has 0 aromatic rings. The summed E-state index contributed by atoms with van der Waals surface area (Å²) in [5, 5.41) is 0. The molecule has 21 heavy (non-hydrogen) atoms. The second-order valence-electron chi connectivity index (χ2n) is 7.35. The van der Waals surface area contributed by atoms with E-state index in [-0.39, 0.29) is 13.2 Å². The largest absolute Gasteiger partial charge is 0.756 e. The van der Waals surface area contributed by atoms with Gasteiger partial charge in [-0.2, -0.15) is 0 Å². The smallest absolute Gasteiger partial charge is 0.268 e. The third kappa shape index (κ3) is 14.8. The van der Waals surface area contributed by atoms with E-state index in [0.29, 0.717) is 16.9 Å². The Balaban J connectivity index is 3.75. The summed E-state index contributed by atoms with van der Waals surface area (Å²) in [5.41, 5.74) is 0. The minimum absolute atomic E-state index is 0.161. The topological polar surface area (TPSA) is 58.6 Å². The van der Waals surface area contributed by atoms with E-state index in [1.807, 2.05) is 21.1 Å². The van der Waals surface area contributed by atoms with Crippen molar-refractivity contribution in [3.05, 3.63) is 0 Å². The lowest BCUT2D eigenvalue weighted by molar-refractivity contribution is -0.870. The fourth-order valence-corrected chi connectivity index (χ4v) is 2.56. The monoisotopic (exact) mass is 323 g/mol. The van der Waals surface area contributed by atoms with Crippen molar-refractivity contribution in [2.75, 3.05) is 40.9 Å². The molecule has 0 fully saturated rings. The molecule has 0 amide bonds. The van der Waals surface area contributed by atoms with Crippen LogP contribution in [-0.2, 0) is 13.6 Å². The number of likely N-dealkylation sites (N-methyl/N-ethyl adjacent to an activating group) is 1. The fraction of sp³-hybridized carbons (Fsp3) is 1.00. The van der Waals surface area contributed by atoms with Gasteiger partial charge in [0.15, 0.2) is 0 Å². The van der Waals surface area contributed by atoms with Gasteiger partial charge in [-0.15, -0.1) is 0 Å². The SMILES string of the molecule is CC(C)CCCC(C)CCOP(=O)([O-])OCC[N+](C)(C)C. The average molecular weight is 323 g/mol. The Morgan fingerprint density at radius 2 is 1.57 bits per heavy atom. The van der Waals surface area contributed by atoms with Gasteiger partial charge in [-0.3, -0.25) is 4.57 Å². The molecule has 2 atom stereocenters. The van der Waals surface area contributed by atoms with Crippen LogP contribution in [0.1, 0.15) is 46.5 Å². The quantitative estimate of drug-likeness (QED) is 0.409. The maximum atomic E-state index is 11.6. The van der Waals surface area contributed by atoms with Crippen molar-refractivity contribution in [3.63, 3.8) is 0 Å². The second-order valence-corrected chi connectivity index (χ2v) is 8.76. The summed E-state index contributed by atoms with van der Waals surface area (Å²) >= 11 is 0. The van der Waals surface area contributed by atoms with Crippen LogP contribution in [0.15, 0.2) is 0 Å². The Morgan fingerprint density at radius 1 is 1.00 bits per heavy atom. The summed E-state index contributed by atoms with van der Waals surface area (Å²) in [6.45, 7) is 7.57. The first-order valence-electron chi connectivity index (χ1n) is 7.92. The minimum atomic E-state index is -4.14. The first-order valence-corrected chi connectivity index (χ1v) is 9.38. The molecule has 0 N–H and O–H groups in total. The first-order chi connectivity index (χ1) is 9.52. The molecule has 0 radical (unpaired) electrons. The standard InChI is InChI=1S/C15H34NO4P/c1-14(2)8-7-9-15(3)10-12-19-21(17,18)20-13-11-16(4,5)6/h14-15H,7-13H2,1-6H3. The molecule has 0 aromatic carbocycles. The number of hydrogen-bond acceptors (Lipinski definition) is 4. The maximum absolute atomic E-state index is 11.6. The molecule has 6 heteroatoms. The molecule has 0 aromatic heterocycles.